The Balaban J connectivity index is 1.27. The van der Waals surface area contributed by atoms with Gasteiger partial charge in [-0.15, -0.1) is 0 Å². The van der Waals surface area contributed by atoms with Crippen LogP contribution in [0.5, 0.6) is 0 Å². The van der Waals surface area contributed by atoms with Crippen molar-refractivity contribution in [2.75, 3.05) is 24.5 Å². The summed E-state index contributed by atoms with van der Waals surface area (Å²) >= 11 is 0. The maximum atomic E-state index is 12.9. The second kappa shape index (κ2) is 9.51. The normalized spacial score (nSPS) is 17.9. The fourth-order valence-corrected chi connectivity index (χ4v) is 4.80. The van der Waals surface area contributed by atoms with Crippen LogP contribution in [0.25, 0.3) is 11.4 Å². The van der Waals surface area contributed by atoms with E-state index in [1.165, 1.54) is 11.3 Å². The number of aromatic nitrogens is 4. The Morgan fingerprint density at radius 3 is 2.84 bits per heavy atom. The predicted molar refractivity (Wildman–Crippen MR) is 124 cm³/mol. The molecule has 0 unspecified atom stereocenters. The molecule has 0 saturated carbocycles. The van der Waals surface area contributed by atoms with E-state index in [-0.39, 0.29) is 11.8 Å². The highest BCUT2D eigenvalue weighted by Gasteiger charge is 2.30. The van der Waals surface area contributed by atoms with Crippen molar-refractivity contribution >= 4 is 11.7 Å². The van der Waals surface area contributed by atoms with Gasteiger partial charge < -0.3 is 10.2 Å². The van der Waals surface area contributed by atoms with Gasteiger partial charge in [0, 0.05) is 55.4 Å². The van der Waals surface area contributed by atoms with Crippen LogP contribution in [0.1, 0.15) is 36.9 Å². The van der Waals surface area contributed by atoms with Gasteiger partial charge >= 0.3 is 0 Å². The molecule has 7 heteroatoms. The number of anilines is 1. The van der Waals surface area contributed by atoms with E-state index in [0.717, 1.165) is 75.4 Å². The minimum Gasteiger partial charge on any atom is -0.356 e. The molecule has 3 aromatic rings. The molecule has 1 aliphatic carbocycles. The number of hydrogen-bond donors (Lipinski definition) is 1. The van der Waals surface area contributed by atoms with Crippen molar-refractivity contribution in [3.8, 4) is 11.4 Å². The van der Waals surface area contributed by atoms with Crippen molar-refractivity contribution in [2.24, 2.45) is 5.92 Å². The van der Waals surface area contributed by atoms with Crippen LogP contribution in [0, 0.1) is 5.92 Å². The second-order valence-corrected chi connectivity index (χ2v) is 8.71. The molecule has 166 valence electrons. The van der Waals surface area contributed by atoms with Crippen molar-refractivity contribution in [1.29, 1.82) is 0 Å². The zero-order chi connectivity index (χ0) is 21.8. The van der Waals surface area contributed by atoms with Crippen LogP contribution in [0.2, 0.25) is 0 Å². The van der Waals surface area contributed by atoms with E-state index in [9.17, 15) is 4.79 Å². The van der Waals surface area contributed by atoms with Gasteiger partial charge in [0.25, 0.3) is 0 Å². The van der Waals surface area contributed by atoms with Crippen molar-refractivity contribution in [1.82, 2.24) is 25.1 Å². The maximum Gasteiger partial charge on any atom is 0.224 e. The number of nitrogens with zero attached hydrogens (tertiary/aromatic N) is 5. The highest BCUT2D eigenvalue weighted by atomic mass is 16.1. The molecule has 1 fully saturated rings. The van der Waals surface area contributed by atoms with Crippen LogP contribution in [-0.4, -0.2) is 45.3 Å². The topological polar surface area (TPSA) is 75.9 Å². The highest BCUT2D eigenvalue weighted by molar-refractivity contribution is 5.79. The quantitative estimate of drug-likeness (QED) is 0.583. The molecule has 0 bridgehead atoms. The number of fused-ring (bicyclic) bond motifs is 1. The highest BCUT2D eigenvalue weighted by Crippen LogP contribution is 2.33. The second-order valence-electron chi connectivity index (χ2n) is 8.71. The summed E-state index contributed by atoms with van der Waals surface area (Å²) < 4.78 is 1.90. The van der Waals surface area contributed by atoms with Gasteiger partial charge in [-0.05, 0) is 44.6 Å². The molecular formula is C25H30N6O. The Bertz CT molecular complexity index is 1050. The third-order valence-corrected chi connectivity index (χ3v) is 6.46. The lowest BCUT2D eigenvalue weighted by atomic mass is 9.96. The number of carbonyl (C=O) groups excluding carboxylic acids is 1. The summed E-state index contributed by atoms with van der Waals surface area (Å²) in [5, 5.41) is 7.35. The minimum absolute atomic E-state index is 0.000599. The third kappa shape index (κ3) is 4.52. The number of benzene rings is 1. The molecule has 1 aliphatic heterocycles. The Morgan fingerprint density at radius 2 is 2.00 bits per heavy atom. The van der Waals surface area contributed by atoms with Crippen LogP contribution >= 0.6 is 0 Å². The van der Waals surface area contributed by atoms with E-state index >= 15 is 0 Å². The molecule has 1 N–H and O–H groups in total. The van der Waals surface area contributed by atoms with Crippen molar-refractivity contribution in [3.05, 3.63) is 60.0 Å². The monoisotopic (exact) mass is 430 g/mol. The van der Waals surface area contributed by atoms with Gasteiger partial charge in [-0.2, -0.15) is 5.10 Å². The molecule has 2 aromatic heterocycles. The Hall–Kier alpha value is -3.22. The summed E-state index contributed by atoms with van der Waals surface area (Å²) in [5.41, 5.74) is 3.51. The lowest BCUT2D eigenvalue weighted by Crippen LogP contribution is -2.44. The molecule has 1 atom stereocenters. The molecule has 1 amide bonds. The first kappa shape index (κ1) is 20.7. The average molecular weight is 431 g/mol. The summed E-state index contributed by atoms with van der Waals surface area (Å²) in [7, 11) is 0. The first-order valence-electron chi connectivity index (χ1n) is 11.7. The van der Waals surface area contributed by atoms with Crippen LogP contribution in [0.3, 0.4) is 0 Å². The number of carbonyl (C=O) groups is 1. The first-order valence-corrected chi connectivity index (χ1v) is 11.7. The Kier molecular flexibility index (Phi) is 6.14. The molecule has 3 heterocycles. The molecule has 1 aromatic carbocycles. The SMILES string of the molecule is O=C(NCCCn1cccn1)[C@@H]1CCCN(c2nc(-c3ccccc3)nc3c2CCC3)C1. The summed E-state index contributed by atoms with van der Waals surface area (Å²) in [6, 6.07) is 12.1. The van der Waals surface area contributed by atoms with Gasteiger partial charge in [-0.1, -0.05) is 30.3 Å². The van der Waals surface area contributed by atoms with Crippen LogP contribution < -0.4 is 10.2 Å². The van der Waals surface area contributed by atoms with Gasteiger partial charge in [0.2, 0.25) is 5.91 Å². The summed E-state index contributed by atoms with van der Waals surface area (Å²) in [6.45, 7) is 3.17. The van der Waals surface area contributed by atoms with Gasteiger partial charge in [-0.25, -0.2) is 9.97 Å². The fourth-order valence-electron chi connectivity index (χ4n) is 4.80. The number of nitrogens with one attached hydrogen (secondary N) is 1. The molecule has 7 nitrogen and oxygen atoms in total. The molecular weight excluding hydrogens is 400 g/mol. The number of amides is 1. The van der Waals surface area contributed by atoms with Gasteiger partial charge in [-0.3, -0.25) is 9.48 Å². The minimum atomic E-state index is 0.000599. The van der Waals surface area contributed by atoms with Crippen LogP contribution in [0.15, 0.2) is 48.8 Å². The predicted octanol–water partition coefficient (Wildman–Crippen LogP) is 3.25. The Labute approximate surface area is 188 Å². The van der Waals surface area contributed by atoms with Crippen molar-refractivity contribution < 1.29 is 4.79 Å². The number of aryl methyl sites for hydroxylation is 2. The summed E-state index contributed by atoms with van der Waals surface area (Å²) in [5.74, 6) is 2.00. The Morgan fingerprint density at radius 1 is 1.09 bits per heavy atom. The zero-order valence-corrected chi connectivity index (χ0v) is 18.4. The van der Waals surface area contributed by atoms with Crippen molar-refractivity contribution in [2.45, 2.75) is 45.1 Å². The van der Waals surface area contributed by atoms with E-state index in [4.69, 9.17) is 9.97 Å². The van der Waals surface area contributed by atoms with E-state index < -0.39 is 0 Å². The molecule has 1 saturated heterocycles. The molecule has 5 rings (SSSR count). The molecule has 0 spiro atoms. The zero-order valence-electron chi connectivity index (χ0n) is 18.4. The van der Waals surface area contributed by atoms with Crippen LogP contribution in [-0.2, 0) is 24.2 Å². The van der Waals surface area contributed by atoms with E-state index in [2.05, 4.69) is 27.4 Å². The standard InChI is InChI=1S/C25H30N6O/c32-25(26-13-6-16-31-17-7-14-27-31)20-10-5-15-30(18-20)24-21-11-4-12-22(21)28-23(29-24)19-8-2-1-3-9-19/h1-3,7-9,14,17,20H,4-6,10-13,15-16,18H2,(H,26,32)/t20-/m1/s1. The number of piperidine rings is 1. The summed E-state index contributed by atoms with van der Waals surface area (Å²) in [6.07, 6.45) is 9.71. The number of hydrogen-bond acceptors (Lipinski definition) is 5. The fraction of sp³-hybridized carbons (Fsp3) is 0.440. The van der Waals surface area contributed by atoms with Gasteiger partial charge in [0.1, 0.15) is 5.82 Å². The van der Waals surface area contributed by atoms with Gasteiger partial charge in [0.05, 0.1) is 5.92 Å². The van der Waals surface area contributed by atoms with Gasteiger partial charge in [0.15, 0.2) is 5.82 Å². The van der Waals surface area contributed by atoms with Crippen molar-refractivity contribution in [3.63, 3.8) is 0 Å². The van der Waals surface area contributed by atoms with E-state index in [1.807, 2.05) is 35.1 Å². The summed E-state index contributed by atoms with van der Waals surface area (Å²) in [4.78, 5) is 25.1. The lowest BCUT2D eigenvalue weighted by molar-refractivity contribution is -0.125. The molecule has 0 radical (unpaired) electrons. The average Bonchev–Trinajstić information content (AvgIpc) is 3.54. The van der Waals surface area contributed by atoms with E-state index in [0.29, 0.717) is 6.54 Å². The third-order valence-electron chi connectivity index (χ3n) is 6.46. The first-order chi connectivity index (χ1) is 15.8. The largest absolute Gasteiger partial charge is 0.356 e. The van der Waals surface area contributed by atoms with E-state index in [1.54, 1.807) is 6.20 Å². The lowest BCUT2D eigenvalue weighted by Gasteiger charge is -2.34. The maximum absolute atomic E-state index is 12.9. The molecule has 2 aliphatic rings. The smallest absolute Gasteiger partial charge is 0.224 e. The van der Waals surface area contributed by atoms with Crippen LogP contribution in [0.4, 0.5) is 5.82 Å². The number of rotatable bonds is 7. The molecule has 32 heavy (non-hydrogen) atoms.